The minimum atomic E-state index is -1.28. The molecule has 2 aromatic heterocycles. The first-order valence-corrected chi connectivity index (χ1v) is 23.9. The van der Waals surface area contributed by atoms with Crippen molar-refractivity contribution in [3.05, 3.63) is 36.4 Å². The predicted molar refractivity (Wildman–Crippen MR) is 241 cm³/mol. The van der Waals surface area contributed by atoms with E-state index in [9.17, 15) is 48.4 Å². The minimum absolute atomic E-state index is 0.0532. The summed E-state index contributed by atoms with van der Waals surface area (Å²) in [5, 5.41) is 31.0. The normalized spacial score (nSPS) is 19.4. The van der Waals surface area contributed by atoms with E-state index in [1.54, 1.807) is 5.48 Å². The Labute approximate surface area is 391 Å². The van der Waals surface area contributed by atoms with E-state index < -0.39 is 78.5 Å². The number of hydrogen-bond donors (Lipinski definition) is 13. The van der Waals surface area contributed by atoms with Crippen LogP contribution >= 0.6 is 11.8 Å². The van der Waals surface area contributed by atoms with E-state index in [4.69, 9.17) is 5.73 Å². The van der Waals surface area contributed by atoms with Gasteiger partial charge in [-0.15, -0.1) is 0 Å². The van der Waals surface area contributed by atoms with Crippen LogP contribution in [-0.4, -0.2) is 139 Å². The van der Waals surface area contributed by atoms with E-state index in [1.165, 1.54) is 25.0 Å². The molecule has 2 aliphatic heterocycles. The fraction of sp³-hybridized carbons (Fsp3) is 0.643. The molecule has 2 saturated heterocycles. The summed E-state index contributed by atoms with van der Waals surface area (Å²) in [7, 11) is 0. The molecule has 368 valence electrons. The molecule has 0 aromatic carbocycles. The number of hydroxylamine groups is 1. The van der Waals surface area contributed by atoms with Gasteiger partial charge in [-0.05, 0) is 44.4 Å². The summed E-state index contributed by atoms with van der Waals surface area (Å²) in [6.07, 6.45) is 13.5. The zero-order chi connectivity index (χ0) is 48.1. The molecule has 0 spiro atoms. The van der Waals surface area contributed by atoms with Crippen molar-refractivity contribution in [3.8, 4) is 0 Å². The van der Waals surface area contributed by atoms with Crippen LogP contribution in [0, 0.1) is 11.8 Å². The molecule has 1 saturated carbocycles. The lowest BCUT2D eigenvalue weighted by atomic mass is 9.89. The third kappa shape index (κ3) is 17.5. The Kier molecular flexibility index (Phi) is 20.7. The highest BCUT2D eigenvalue weighted by atomic mass is 32.2. The average molecular weight is 957 g/mol. The van der Waals surface area contributed by atoms with E-state index in [0.29, 0.717) is 48.9 Å². The van der Waals surface area contributed by atoms with Gasteiger partial charge in [0.1, 0.15) is 18.1 Å². The van der Waals surface area contributed by atoms with E-state index in [2.05, 4.69) is 62.5 Å². The Hall–Kier alpha value is -6.24. The number of carbonyl (C=O) groups is 9. The largest absolute Gasteiger partial charge is 0.368 e. The lowest BCUT2D eigenvalue weighted by molar-refractivity contribution is -0.137. The molecular formula is C42H64N14O10S. The number of rotatable bonds is 29. The van der Waals surface area contributed by atoms with Gasteiger partial charge in [0, 0.05) is 72.9 Å². The molecule has 4 heterocycles. The molecule has 14 N–H and O–H groups in total. The Morgan fingerprint density at radius 2 is 1.42 bits per heavy atom. The third-order valence-electron chi connectivity index (χ3n) is 12.1. The summed E-state index contributed by atoms with van der Waals surface area (Å²) in [4.78, 5) is 128. The molecule has 25 heteroatoms. The number of primary amides is 1. The Bertz CT molecular complexity index is 1980. The number of H-pyrrole nitrogens is 2. The number of thioether (sulfide) groups is 1. The van der Waals surface area contributed by atoms with Crippen molar-refractivity contribution in [1.29, 1.82) is 0 Å². The van der Waals surface area contributed by atoms with E-state index in [1.807, 2.05) is 11.8 Å². The smallest absolute Gasteiger partial charge is 0.315 e. The highest BCUT2D eigenvalue weighted by Gasteiger charge is 2.42. The van der Waals surface area contributed by atoms with Crippen molar-refractivity contribution in [2.75, 3.05) is 25.4 Å². The van der Waals surface area contributed by atoms with Gasteiger partial charge in [-0.25, -0.2) is 20.2 Å². The second kappa shape index (κ2) is 26.8. The van der Waals surface area contributed by atoms with Crippen LogP contribution in [0.15, 0.2) is 25.0 Å². The predicted octanol–water partition coefficient (Wildman–Crippen LogP) is -1.81. The number of nitrogens with two attached hydrogens (primary N) is 1. The van der Waals surface area contributed by atoms with Gasteiger partial charge in [-0.3, -0.25) is 43.6 Å². The molecule has 0 radical (unpaired) electrons. The summed E-state index contributed by atoms with van der Waals surface area (Å²) in [5.74, 6) is -4.91. The van der Waals surface area contributed by atoms with Gasteiger partial charge in [0.25, 0.3) is 0 Å². The molecule has 5 rings (SSSR count). The Morgan fingerprint density at radius 1 is 0.746 bits per heavy atom. The molecule has 3 aliphatic rings. The van der Waals surface area contributed by atoms with Crippen LogP contribution < -0.4 is 53.7 Å². The minimum Gasteiger partial charge on any atom is -0.368 e. The molecule has 3 fully saturated rings. The first-order valence-electron chi connectivity index (χ1n) is 22.8. The van der Waals surface area contributed by atoms with E-state index >= 15 is 0 Å². The number of nitrogens with zero attached hydrogens (tertiary/aromatic N) is 2. The Balaban J connectivity index is 1.03. The fourth-order valence-corrected chi connectivity index (χ4v) is 10.1. The molecule has 0 bridgehead atoms. The summed E-state index contributed by atoms with van der Waals surface area (Å²) in [6, 6.07) is -3.37. The number of aromatic amines is 2. The van der Waals surface area contributed by atoms with E-state index in [0.717, 1.165) is 50.7 Å². The maximum absolute atomic E-state index is 13.9. The maximum atomic E-state index is 13.9. The van der Waals surface area contributed by atoms with Crippen molar-refractivity contribution in [2.45, 2.75) is 132 Å². The monoisotopic (exact) mass is 956 g/mol. The van der Waals surface area contributed by atoms with Crippen LogP contribution in [0.3, 0.4) is 0 Å². The van der Waals surface area contributed by atoms with Crippen LogP contribution in [0.2, 0.25) is 0 Å². The standard InChI is InChI=1S/C42H64N14O10S/c43-38(61)28(9-5-6-12-46-33(57)11-4-3-10-32-37-31(21-67-32)54-42(65)55-37)51-36(60)20-47-35(59)19-48-40(63)29(15-26-17-44-22-49-26)53-41(64)30(16-27-18-45-23-50-27)52-39(62)25(14-34(58)56-66)13-24-7-1-2-8-24/h17-18,22-25,28-32,37,66H,1-16,19-21H2,(H2,43,61)(H,44,49)(H,45,50)(H,46,57)(H,47,59)(H,48,63)(H,51,60)(H,52,62)(H,53,64)(H,56,58)(H2,54,55,65)/t25?,28-,29-,30-,31-,32-,37-/m0/s1. The summed E-state index contributed by atoms with van der Waals surface area (Å²) in [6.45, 7) is -0.747. The molecule has 1 aliphatic carbocycles. The lowest BCUT2D eigenvalue weighted by Gasteiger charge is -2.25. The molecule has 7 atom stereocenters. The molecular weight excluding hydrogens is 893 g/mol. The van der Waals surface area contributed by atoms with Crippen LogP contribution in [-0.2, 0) is 51.2 Å². The number of aromatic nitrogens is 4. The van der Waals surface area contributed by atoms with Crippen LogP contribution in [0.5, 0.6) is 0 Å². The summed E-state index contributed by atoms with van der Waals surface area (Å²) < 4.78 is 0. The first kappa shape index (κ1) is 51.7. The molecule has 24 nitrogen and oxygen atoms in total. The van der Waals surface area contributed by atoms with Crippen LogP contribution in [0.1, 0.15) is 94.9 Å². The quantitative estimate of drug-likeness (QED) is 0.0185. The number of fused-ring (bicyclic) bond motifs is 1. The van der Waals surface area contributed by atoms with Crippen molar-refractivity contribution in [3.63, 3.8) is 0 Å². The van der Waals surface area contributed by atoms with Gasteiger partial charge < -0.3 is 58.2 Å². The number of unbranched alkanes of at least 4 members (excludes halogenated alkanes) is 2. The summed E-state index contributed by atoms with van der Waals surface area (Å²) >= 11 is 1.83. The molecule has 1 unspecified atom stereocenters. The zero-order valence-electron chi connectivity index (χ0n) is 37.4. The first-order chi connectivity index (χ1) is 32.3. The van der Waals surface area contributed by atoms with Crippen molar-refractivity contribution < 1.29 is 48.4 Å². The number of amides is 10. The highest BCUT2D eigenvalue weighted by Crippen LogP contribution is 2.33. The molecule has 2 aromatic rings. The van der Waals surface area contributed by atoms with E-state index in [-0.39, 0.29) is 55.6 Å². The number of hydrogen-bond acceptors (Lipinski definition) is 13. The zero-order valence-corrected chi connectivity index (χ0v) is 38.2. The molecule has 10 amide bonds. The van der Waals surface area contributed by atoms with Crippen molar-refractivity contribution in [2.24, 2.45) is 17.6 Å². The number of imidazole rings is 2. The lowest BCUT2D eigenvalue weighted by Crippen LogP contribution is -2.56. The molecule has 67 heavy (non-hydrogen) atoms. The van der Waals surface area contributed by atoms with Gasteiger partial charge in [-0.2, -0.15) is 11.8 Å². The SMILES string of the molecule is NC(=O)[C@H](CCCCNC(=O)CCCC[C@@H]1SC[C@@H]2NC(=O)N[C@@H]21)NC(=O)CNC(=O)CNC(=O)[C@H](Cc1cnc[nH]1)NC(=O)[C@H](Cc1cnc[nH]1)NC(=O)C(CC(=O)NO)CC1CCCC1. The highest BCUT2D eigenvalue weighted by molar-refractivity contribution is 8.00. The van der Waals surface area contributed by atoms with Gasteiger partial charge in [0.15, 0.2) is 0 Å². The van der Waals surface area contributed by atoms with Crippen molar-refractivity contribution in [1.82, 2.24) is 68.0 Å². The maximum Gasteiger partial charge on any atom is 0.315 e. The topological polar surface area (TPSA) is 366 Å². The third-order valence-corrected chi connectivity index (χ3v) is 13.6. The second-order valence-electron chi connectivity index (χ2n) is 17.2. The van der Waals surface area contributed by atoms with Gasteiger partial charge in [0.2, 0.25) is 47.3 Å². The van der Waals surface area contributed by atoms with Crippen LogP contribution in [0.4, 0.5) is 4.79 Å². The van der Waals surface area contributed by atoms with Gasteiger partial charge >= 0.3 is 6.03 Å². The Morgan fingerprint density at radius 3 is 2.07 bits per heavy atom. The average Bonchev–Trinajstić information content (AvgIpc) is 4.17. The summed E-state index contributed by atoms with van der Waals surface area (Å²) in [5.41, 5.74) is 8.05. The fourth-order valence-electron chi connectivity index (χ4n) is 8.54. The number of nitrogens with one attached hydrogen (secondary N) is 11. The van der Waals surface area contributed by atoms with Crippen LogP contribution in [0.25, 0.3) is 0 Å². The van der Waals surface area contributed by atoms with Gasteiger partial charge in [0.05, 0.1) is 37.8 Å². The number of urea groups is 1. The van der Waals surface area contributed by atoms with Gasteiger partial charge in [-0.1, -0.05) is 32.1 Å². The second-order valence-corrected chi connectivity index (χ2v) is 18.5. The number of carbonyl (C=O) groups excluding carboxylic acids is 9. The van der Waals surface area contributed by atoms with Crippen molar-refractivity contribution >= 4 is 65.1 Å².